The van der Waals surface area contributed by atoms with Gasteiger partial charge in [-0.1, -0.05) is 0 Å². The first-order valence-corrected chi connectivity index (χ1v) is 10.8. The molecule has 1 aromatic heterocycles. The van der Waals surface area contributed by atoms with Gasteiger partial charge in [-0.15, -0.1) is 10.2 Å². The molecular weight excluding hydrogens is 372 g/mol. The molecule has 0 amide bonds. The number of nitrogens with zero attached hydrogens (tertiary/aromatic N) is 5. The fraction of sp³-hybridized carbons (Fsp3) is 0.850. The Morgan fingerprint density at radius 2 is 2.10 bits per heavy atom. The Balaban J connectivity index is 1.51. The van der Waals surface area contributed by atoms with Crippen LogP contribution in [0.15, 0.2) is 4.99 Å². The van der Waals surface area contributed by atoms with Gasteiger partial charge in [0.05, 0.1) is 18.8 Å². The van der Waals surface area contributed by atoms with Crippen LogP contribution in [-0.4, -0.2) is 84.4 Å². The Morgan fingerprint density at radius 3 is 2.76 bits per heavy atom. The molecular formula is C20H36N6O3. The maximum atomic E-state index is 6.11. The molecule has 0 spiro atoms. The third-order valence-corrected chi connectivity index (χ3v) is 5.64. The van der Waals surface area contributed by atoms with E-state index < -0.39 is 0 Å². The summed E-state index contributed by atoms with van der Waals surface area (Å²) in [4.78, 5) is 7.15. The summed E-state index contributed by atoms with van der Waals surface area (Å²) in [5.74, 6) is 2.70. The van der Waals surface area contributed by atoms with E-state index in [1.807, 2.05) is 18.5 Å². The van der Waals surface area contributed by atoms with Gasteiger partial charge in [-0.25, -0.2) is 4.99 Å². The zero-order valence-corrected chi connectivity index (χ0v) is 18.1. The van der Waals surface area contributed by atoms with Crippen molar-refractivity contribution in [2.24, 2.45) is 12.0 Å². The van der Waals surface area contributed by atoms with Crippen molar-refractivity contribution in [3.63, 3.8) is 0 Å². The molecule has 1 unspecified atom stereocenters. The van der Waals surface area contributed by atoms with E-state index in [1.165, 1.54) is 0 Å². The minimum Gasteiger partial charge on any atom is -0.385 e. The molecule has 1 aromatic rings. The number of rotatable bonds is 9. The topological polar surface area (TPSA) is 86.0 Å². The van der Waals surface area contributed by atoms with Crippen LogP contribution in [0.1, 0.15) is 43.8 Å². The predicted molar refractivity (Wildman–Crippen MR) is 111 cm³/mol. The van der Waals surface area contributed by atoms with E-state index >= 15 is 0 Å². The Kier molecular flexibility index (Phi) is 8.69. The summed E-state index contributed by atoms with van der Waals surface area (Å²) in [5.41, 5.74) is 0. The zero-order chi connectivity index (χ0) is 20.5. The van der Waals surface area contributed by atoms with E-state index in [9.17, 15) is 0 Å². The fourth-order valence-electron chi connectivity index (χ4n) is 3.67. The molecule has 9 nitrogen and oxygen atoms in total. The number of aromatic nitrogens is 3. The van der Waals surface area contributed by atoms with E-state index in [4.69, 9.17) is 19.2 Å². The Hall–Kier alpha value is -1.71. The first-order valence-electron chi connectivity index (χ1n) is 10.8. The third-order valence-electron chi connectivity index (χ3n) is 5.64. The van der Waals surface area contributed by atoms with E-state index in [-0.39, 0.29) is 0 Å². The molecule has 0 aliphatic carbocycles. The molecule has 164 valence electrons. The van der Waals surface area contributed by atoms with Gasteiger partial charge < -0.3 is 29.0 Å². The average Bonchev–Trinajstić information content (AvgIpc) is 3.37. The van der Waals surface area contributed by atoms with Crippen molar-refractivity contribution in [2.75, 3.05) is 46.6 Å². The number of hydrogen-bond acceptors (Lipinski definition) is 6. The lowest BCUT2D eigenvalue weighted by molar-refractivity contribution is -0.0367. The molecule has 3 rings (SSSR count). The van der Waals surface area contributed by atoms with Crippen LogP contribution in [0, 0.1) is 6.92 Å². The second kappa shape index (κ2) is 11.5. The number of hydrogen-bond donors (Lipinski definition) is 1. The van der Waals surface area contributed by atoms with Gasteiger partial charge in [0.15, 0.2) is 11.8 Å². The van der Waals surface area contributed by atoms with Crippen molar-refractivity contribution in [1.29, 1.82) is 0 Å². The second-order valence-corrected chi connectivity index (χ2v) is 7.79. The minimum atomic E-state index is 0.294. The number of likely N-dealkylation sites (tertiary alicyclic amines) is 1. The van der Waals surface area contributed by atoms with Crippen molar-refractivity contribution in [1.82, 2.24) is 25.0 Å². The summed E-state index contributed by atoms with van der Waals surface area (Å²) >= 11 is 0. The first-order chi connectivity index (χ1) is 14.2. The summed E-state index contributed by atoms with van der Waals surface area (Å²) in [7, 11) is 3.70. The molecule has 2 aliphatic heterocycles. The number of methoxy groups -OCH3 is 1. The summed E-state index contributed by atoms with van der Waals surface area (Å²) in [6.45, 7) is 7.51. The highest BCUT2D eigenvalue weighted by Crippen LogP contribution is 2.18. The average molecular weight is 409 g/mol. The van der Waals surface area contributed by atoms with Gasteiger partial charge in [0.1, 0.15) is 12.4 Å². The highest BCUT2D eigenvalue weighted by molar-refractivity contribution is 5.80. The van der Waals surface area contributed by atoms with Crippen LogP contribution in [-0.2, 0) is 27.8 Å². The minimum absolute atomic E-state index is 0.294. The molecule has 1 N–H and O–H groups in total. The molecule has 2 saturated heterocycles. The monoisotopic (exact) mass is 408 g/mol. The van der Waals surface area contributed by atoms with Gasteiger partial charge in [-0.3, -0.25) is 0 Å². The van der Waals surface area contributed by atoms with Gasteiger partial charge in [0, 0.05) is 47.0 Å². The van der Waals surface area contributed by atoms with E-state index in [0.717, 1.165) is 89.2 Å². The van der Waals surface area contributed by atoms with Crippen LogP contribution >= 0.6 is 0 Å². The van der Waals surface area contributed by atoms with Crippen molar-refractivity contribution in [3.8, 4) is 0 Å². The maximum Gasteiger partial charge on any atom is 0.194 e. The van der Waals surface area contributed by atoms with Gasteiger partial charge in [0.25, 0.3) is 0 Å². The summed E-state index contributed by atoms with van der Waals surface area (Å²) in [5, 5.41) is 11.8. The lowest BCUT2D eigenvalue weighted by atomic mass is 10.1. The smallest absolute Gasteiger partial charge is 0.194 e. The lowest BCUT2D eigenvalue weighted by Crippen LogP contribution is -2.47. The SMILES string of the molecule is COCCCNC(=NCc1nnc(C)n1C)N1CCC(OCC2CCCO2)CC1. The molecule has 3 heterocycles. The number of aryl methyl sites for hydroxylation is 1. The first kappa shape index (κ1) is 22.0. The van der Waals surface area contributed by atoms with E-state index in [0.29, 0.717) is 18.8 Å². The normalized spacial score (nSPS) is 21.1. The molecule has 2 fully saturated rings. The summed E-state index contributed by atoms with van der Waals surface area (Å²) in [6.07, 6.45) is 5.85. The Morgan fingerprint density at radius 1 is 1.28 bits per heavy atom. The summed E-state index contributed by atoms with van der Waals surface area (Å²) in [6, 6.07) is 0. The Bertz CT molecular complexity index is 636. The van der Waals surface area contributed by atoms with Crippen molar-refractivity contribution in [3.05, 3.63) is 11.6 Å². The standard InChI is InChI=1S/C20H36N6O3/c1-16-23-24-19(25(16)2)14-22-20(21-9-5-12-27-3)26-10-7-17(8-11-26)29-15-18-6-4-13-28-18/h17-18H,4-15H2,1-3H3,(H,21,22). The quantitative estimate of drug-likeness (QED) is 0.374. The number of aliphatic imine (C=N–C) groups is 1. The van der Waals surface area contributed by atoms with Crippen LogP contribution in [0.3, 0.4) is 0 Å². The largest absolute Gasteiger partial charge is 0.385 e. The van der Waals surface area contributed by atoms with E-state index in [1.54, 1.807) is 7.11 Å². The number of piperidine rings is 1. The molecule has 0 bridgehead atoms. The van der Waals surface area contributed by atoms with Gasteiger partial charge in [-0.2, -0.15) is 0 Å². The van der Waals surface area contributed by atoms with Crippen molar-refractivity contribution in [2.45, 2.75) is 57.8 Å². The van der Waals surface area contributed by atoms with Gasteiger partial charge in [0.2, 0.25) is 0 Å². The molecule has 29 heavy (non-hydrogen) atoms. The number of nitrogens with one attached hydrogen (secondary N) is 1. The number of guanidine groups is 1. The highest BCUT2D eigenvalue weighted by Gasteiger charge is 2.24. The maximum absolute atomic E-state index is 6.11. The van der Waals surface area contributed by atoms with Crippen molar-refractivity contribution < 1.29 is 14.2 Å². The number of ether oxygens (including phenoxy) is 3. The lowest BCUT2D eigenvalue weighted by Gasteiger charge is -2.34. The van der Waals surface area contributed by atoms with Crippen LogP contribution in [0.5, 0.6) is 0 Å². The van der Waals surface area contributed by atoms with Gasteiger partial charge in [-0.05, 0) is 39.0 Å². The van der Waals surface area contributed by atoms with E-state index in [2.05, 4.69) is 20.4 Å². The molecule has 2 aliphatic rings. The Labute approximate surface area is 173 Å². The molecule has 1 atom stereocenters. The van der Waals surface area contributed by atoms with Gasteiger partial charge >= 0.3 is 0 Å². The molecule has 9 heteroatoms. The second-order valence-electron chi connectivity index (χ2n) is 7.79. The highest BCUT2D eigenvalue weighted by atomic mass is 16.5. The zero-order valence-electron chi connectivity index (χ0n) is 18.1. The fourth-order valence-corrected chi connectivity index (χ4v) is 3.67. The van der Waals surface area contributed by atoms with Crippen LogP contribution in [0.4, 0.5) is 0 Å². The molecule has 0 aromatic carbocycles. The van der Waals surface area contributed by atoms with Crippen molar-refractivity contribution >= 4 is 5.96 Å². The molecule has 0 saturated carbocycles. The molecule has 0 radical (unpaired) electrons. The summed E-state index contributed by atoms with van der Waals surface area (Å²) < 4.78 is 18.9. The third kappa shape index (κ3) is 6.65. The van der Waals surface area contributed by atoms with Crippen LogP contribution < -0.4 is 5.32 Å². The predicted octanol–water partition coefficient (Wildman–Crippen LogP) is 1.27. The van der Waals surface area contributed by atoms with Crippen LogP contribution in [0.2, 0.25) is 0 Å². The van der Waals surface area contributed by atoms with Crippen LogP contribution in [0.25, 0.3) is 0 Å².